The minimum atomic E-state index is 0.0747. The maximum atomic E-state index is 4.62. The minimum Gasteiger partial charge on any atom is -0.312 e. The fourth-order valence-electron chi connectivity index (χ4n) is 2.44. The fraction of sp³-hybridized carbons (Fsp3) is 0.812. The highest BCUT2D eigenvalue weighted by Crippen LogP contribution is 2.26. The van der Waals surface area contributed by atoms with Crippen LogP contribution in [0.5, 0.6) is 0 Å². The largest absolute Gasteiger partial charge is 0.312 e. The highest BCUT2D eigenvalue weighted by atomic mass is 79.9. The van der Waals surface area contributed by atoms with Crippen LogP contribution in [-0.4, -0.2) is 46.9 Å². The summed E-state index contributed by atoms with van der Waals surface area (Å²) in [6.45, 7) is 9.99. The van der Waals surface area contributed by atoms with Gasteiger partial charge in [0.25, 0.3) is 0 Å². The predicted molar refractivity (Wildman–Crippen MR) is 93.8 cm³/mol. The quantitative estimate of drug-likeness (QED) is 0.775. The first-order chi connectivity index (χ1) is 9.75. The molecule has 0 saturated carbocycles. The van der Waals surface area contributed by atoms with Gasteiger partial charge in [0, 0.05) is 25.0 Å². The molecule has 0 aliphatic rings. The molecule has 122 valence electrons. The Hall–Kier alpha value is -0.390. The van der Waals surface area contributed by atoms with Crippen LogP contribution < -0.4 is 5.32 Å². The Morgan fingerprint density at radius 3 is 2.38 bits per heavy atom. The highest BCUT2D eigenvalue weighted by molar-refractivity contribution is 9.10. The lowest BCUT2D eigenvalue weighted by Crippen LogP contribution is -2.56. The first kappa shape index (κ1) is 18.7. The zero-order valence-electron chi connectivity index (χ0n) is 14.6. The van der Waals surface area contributed by atoms with Crippen molar-refractivity contribution in [3.05, 3.63) is 15.9 Å². The van der Waals surface area contributed by atoms with E-state index in [1.54, 1.807) is 0 Å². The normalized spacial score (nSPS) is 14.0. The van der Waals surface area contributed by atoms with E-state index < -0.39 is 0 Å². The number of aromatic nitrogens is 2. The van der Waals surface area contributed by atoms with Gasteiger partial charge in [-0.2, -0.15) is 5.10 Å². The Kier molecular flexibility index (Phi) is 6.88. The molecule has 0 bridgehead atoms. The van der Waals surface area contributed by atoms with Crippen molar-refractivity contribution in [1.82, 2.24) is 20.0 Å². The van der Waals surface area contributed by atoms with Crippen LogP contribution in [-0.2, 0) is 19.9 Å². The molecule has 0 aliphatic carbocycles. The summed E-state index contributed by atoms with van der Waals surface area (Å²) in [6.07, 6.45) is 3.07. The number of aryl methyl sites for hydroxylation is 2. The summed E-state index contributed by atoms with van der Waals surface area (Å²) in [7, 11) is 6.34. The molecular weight excluding hydrogens is 328 g/mol. The zero-order chi connectivity index (χ0) is 16.2. The Bertz CT molecular complexity index is 451. The maximum absolute atomic E-state index is 4.62. The molecule has 1 aromatic heterocycles. The summed E-state index contributed by atoms with van der Waals surface area (Å²) < 4.78 is 3.19. The van der Waals surface area contributed by atoms with Gasteiger partial charge in [-0.25, -0.2) is 0 Å². The maximum Gasteiger partial charge on any atom is 0.0766 e. The Morgan fingerprint density at radius 1 is 1.33 bits per heavy atom. The molecule has 4 nitrogen and oxygen atoms in total. The molecule has 0 saturated heterocycles. The number of nitrogens with zero attached hydrogens (tertiary/aromatic N) is 3. The number of hydrogen-bond acceptors (Lipinski definition) is 3. The summed E-state index contributed by atoms with van der Waals surface area (Å²) in [5.74, 6) is 0. The van der Waals surface area contributed by atoms with Gasteiger partial charge in [0.1, 0.15) is 0 Å². The highest BCUT2D eigenvalue weighted by Gasteiger charge is 2.32. The molecule has 1 unspecified atom stereocenters. The van der Waals surface area contributed by atoms with Gasteiger partial charge in [0.15, 0.2) is 0 Å². The molecule has 1 heterocycles. The molecule has 1 N–H and O–H groups in total. The van der Waals surface area contributed by atoms with Gasteiger partial charge in [-0.15, -0.1) is 0 Å². The summed E-state index contributed by atoms with van der Waals surface area (Å²) in [5, 5.41) is 8.33. The Labute approximate surface area is 138 Å². The van der Waals surface area contributed by atoms with E-state index in [2.05, 4.69) is 73.0 Å². The monoisotopic (exact) mass is 358 g/mol. The smallest absolute Gasteiger partial charge is 0.0766 e. The van der Waals surface area contributed by atoms with E-state index in [0.29, 0.717) is 6.04 Å². The topological polar surface area (TPSA) is 33.1 Å². The second-order valence-corrected chi connectivity index (χ2v) is 7.24. The lowest BCUT2D eigenvalue weighted by Gasteiger charge is -2.41. The van der Waals surface area contributed by atoms with Gasteiger partial charge >= 0.3 is 0 Å². The van der Waals surface area contributed by atoms with Crippen LogP contribution in [0.2, 0.25) is 0 Å². The van der Waals surface area contributed by atoms with E-state index in [1.165, 1.54) is 10.2 Å². The molecule has 0 radical (unpaired) electrons. The number of likely N-dealkylation sites (N-methyl/N-ethyl adjacent to an activating group) is 1. The van der Waals surface area contributed by atoms with Crippen molar-refractivity contribution in [2.45, 2.75) is 58.5 Å². The third-order valence-electron chi connectivity index (χ3n) is 4.55. The van der Waals surface area contributed by atoms with E-state index in [9.17, 15) is 0 Å². The van der Waals surface area contributed by atoms with Crippen molar-refractivity contribution in [2.75, 3.05) is 20.6 Å². The molecule has 1 rings (SSSR count). The minimum absolute atomic E-state index is 0.0747. The van der Waals surface area contributed by atoms with Crippen LogP contribution >= 0.6 is 15.9 Å². The molecule has 1 aromatic rings. The van der Waals surface area contributed by atoms with Gasteiger partial charge < -0.3 is 10.2 Å². The van der Waals surface area contributed by atoms with Crippen LogP contribution in [0.3, 0.4) is 0 Å². The van der Waals surface area contributed by atoms with Crippen molar-refractivity contribution in [3.63, 3.8) is 0 Å². The number of hydrogen-bond donors (Lipinski definition) is 1. The lowest BCUT2D eigenvalue weighted by molar-refractivity contribution is 0.136. The summed E-state index contributed by atoms with van der Waals surface area (Å²) in [5.41, 5.74) is 2.49. The second-order valence-electron chi connectivity index (χ2n) is 6.44. The summed E-state index contributed by atoms with van der Waals surface area (Å²) in [6, 6.07) is 0.379. The van der Waals surface area contributed by atoms with Crippen molar-refractivity contribution >= 4 is 15.9 Å². The third kappa shape index (κ3) is 4.30. The third-order valence-corrected chi connectivity index (χ3v) is 5.46. The van der Waals surface area contributed by atoms with E-state index in [4.69, 9.17) is 0 Å². The summed E-state index contributed by atoms with van der Waals surface area (Å²) in [4.78, 5) is 2.30. The Morgan fingerprint density at radius 2 is 1.95 bits per heavy atom. The molecule has 0 fully saturated rings. The number of halogens is 1. The molecule has 1 atom stereocenters. The van der Waals surface area contributed by atoms with Gasteiger partial charge in [0.2, 0.25) is 0 Å². The molecule has 0 amide bonds. The lowest BCUT2D eigenvalue weighted by atomic mass is 9.89. The van der Waals surface area contributed by atoms with Crippen LogP contribution in [0, 0.1) is 0 Å². The molecule has 5 heteroatoms. The first-order valence-corrected chi connectivity index (χ1v) is 8.65. The SMILES string of the molecule is CCCNC(Cc1c(Br)c(CC)nn1C)C(C)(C)N(C)C. The fourth-order valence-corrected chi connectivity index (χ4v) is 3.22. The van der Waals surface area contributed by atoms with Gasteiger partial charge in [0.05, 0.1) is 15.9 Å². The summed E-state index contributed by atoms with van der Waals surface area (Å²) >= 11 is 3.74. The van der Waals surface area contributed by atoms with E-state index >= 15 is 0 Å². The molecule has 0 aromatic carbocycles. The van der Waals surface area contributed by atoms with E-state index in [1.807, 2.05) is 11.7 Å². The predicted octanol–water partition coefficient (Wildman–Crippen LogP) is 3.00. The van der Waals surface area contributed by atoms with E-state index in [-0.39, 0.29) is 5.54 Å². The molecular formula is C16H31BrN4. The van der Waals surface area contributed by atoms with E-state index in [0.717, 1.165) is 31.5 Å². The van der Waals surface area contributed by atoms with Crippen LogP contribution in [0.15, 0.2) is 4.47 Å². The van der Waals surface area contributed by atoms with Crippen LogP contribution in [0.4, 0.5) is 0 Å². The standard InChI is InChI=1S/C16H31BrN4/c1-8-10-18-14(16(3,4)20(5)6)11-13-15(17)12(9-2)19-21(13)7/h14,18H,8-11H2,1-7H3. The first-order valence-electron chi connectivity index (χ1n) is 7.86. The van der Waals surface area contributed by atoms with Gasteiger partial charge in [-0.1, -0.05) is 13.8 Å². The van der Waals surface area contributed by atoms with Crippen molar-refractivity contribution in [1.29, 1.82) is 0 Å². The number of rotatable bonds is 8. The molecule has 21 heavy (non-hydrogen) atoms. The number of nitrogens with one attached hydrogen (secondary N) is 1. The molecule has 0 aliphatic heterocycles. The van der Waals surface area contributed by atoms with Gasteiger partial charge in [-0.05, 0) is 63.3 Å². The van der Waals surface area contributed by atoms with Crippen LogP contribution in [0.1, 0.15) is 45.5 Å². The van der Waals surface area contributed by atoms with Gasteiger partial charge in [-0.3, -0.25) is 4.68 Å². The zero-order valence-corrected chi connectivity index (χ0v) is 16.2. The average Bonchev–Trinajstić information content (AvgIpc) is 2.69. The van der Waals surface area contributed by atoms with Crippen molar-refractivity contribution < 1.29 is 0 Å². The second kappa shape index (κ2) is 7.75. The molecule has 0 spiro atoms. The van der Waals surface area contributed by atoms with Crippen molar-refractivity contribution in [3.8, 4) is 0 Å². The average molecular weight is 359 g/mol. The van der Waals surface area contributed by atoms with Crippen molar-refractivity contribution in [2.24, 2.45) is 7.05 Å². The Balaban J connectivity index is 3.04. The van der Waals surface area contributed by atoms with Crippen LogP contribution in [0.25, 0.3) is 0 Å².